The molecule has 6 heteroatoms. The number of ether oxygens (including phenoxy) is 1. The molecule has 0 unspecified atom stereocenters. The third-order valence-electron chi connectivity index (χ3n) is 3.00. The van der Waals surface area contributed by atoms with Crippen molar-refractivity contribution < 1.29 is 18.4 Å². The lowest BCUT2D eigenvalue weighted by atomic mass is 9.93. The van der Waals surface area contributed by atoms with Crippen LogP contribution in [0.4, 0.5) is 10.2 Å². The number of aromatic nitrogens is 1. The number of hydrogen-bond acceptors (Lipinski definition) is 4. The summed E-state index contributed by atoms with van der Waals surface area (Å²) >= 11 is 0. The van der Waals surface area contributed by atoms with Gasteiger partial charge < -0.3 is 14.6 Å². The van der Waals surface area contributed by atoms with E-state index in [1.165, 1.54) is 24.3 Å². The maximum atomic E-state index is 12.8. The lowest BCUT2D eigenvalue weighted by Crippen LogP contribution is -2.30. The summed E-state index contributed by atoms with van der Waals surface area (Å²) in [5, 5.41) is 6.43. The highest BCUT2D eigenvalue weighted by atomic mass is 19.1. The van der Waals surface area contributed by atoms with Crippen LogP contribution in [0.3, 0.4) is 0 Å². The molecule has 0 saturated heterocycles. The molecule has 1 amide bonds. The van der Waals surface area contributed by atoms with E-state index >= 15 is 0 Å². The summed E-state index contributed by atoms with van der Waals surface area (Å²) in [7, 11) is 0. The number of halogens is 1. The van der Waals surface area contributed by atoms with Gasteiger partial charge in [0.25, 0.3) is 5.91 Å². The van der Waals surface area contributed by atoms with E-state index in [0.717, 1.165) is 0 Å². The molecule has 0 aliphatic heterocycles. The van der Waals surface area contributed by atoms with Gasteiger partial charge in [-0.05, 0) is 31.2 Å². The van der Waals surface area contributed by atoms with Gasteiger partial charge in [-0.3, -0.25) is 4.79 Å². The lowest BCUT2D eigenvalue weighted by Gasteiger charge is -2.13. The average molecular weight is 306 g/mol. The molecular formula is C16H19FN2O3. The van der Waals surface area contributed by atoms with E-state index in [2.05, 4.69) is 10.5 Å². The Labute approximate surface area is 128 Å². The predicted molar refractivity (Wildman–Crippen MR) is 80.3 cm³/mol. The summed E-state index contributed by atoms with van der Waals surface area (Å²) in [5.74, 6) is 0.707. The number of nitrogens with zero attached hydrogens (tertiary/aromatic N) is 1. The van der Waals surface area contributed by atoms with Crippen LogP contribution >= 0.6 is 0 Å². The molecule has 1 atom stereocenters. The van der Waals surface area contributed by atoms with Crippen molar-refractivity contribution in [3.8, 4) is 5.75 Å². The maximum Gasteiger partial charge on any atom is 0.266 e. The Morgan fingerprint density at radius 1 is 1.32 bits per heavy atom. The summed E-state index contributed by atoms with van der Waals surface area (Å²) in [6, 6.07) is 7.16. The van der Waals surface area contributed by atoms with Gasteiger partial charge in [0.05, 0.1) is 0 Å². The third-order valence-corrected chi connectivity index (χ3v) is 3.00. The van der Waals surface area contributed by atoms with Gasteiger partial charge in [-0.2, -0.15) is 0 Å². The number of carbonyl (C=O) groups is 1. The maximum absolute atomic E-state index is 12.8. The van der Waals surface area contributed by atoms with Crippen molar-refractivity contribution in [2.45, 2.75) is 39.2 Å². The van der Waals surface area contributed by atoms with E-state index in [9.17, 15) is 9.18 Å². The first-order valence-corrected chi connectivity index (χ1v) is 6.96. The number of amides is 1. The van der Waals surface area contributed by atoms with Crippen LogP contribution in [-0.4, -0.2) is 17.2 Å². The minimum Gasteiger partial charge on any atom is -0.481 e. The monoisotopic (exact) mass is 306 g/mol. The quantitative estimate of drug-likeness (QED) is 0.938. The van der Waals surface area contributed by atoms with Gasteiger partial charge in [0.1, 0.15) is 17.3 Å². The molecule has 0 radical (unpaired) electrons. The summed E-state index contributed by atoms with van der Waals surface area (Å²) < 4.78 is 23.4. The molecule has 1 aromatic carbocycles. The molecule has 1 N–H and O–H groups in total. The molecule has 0 bridgehead atoms. The van der Waals surface area contributed by atoms with Crippen molar-refractivity contribution in [2.24, 2.45) is 0 Å². The minimum absolute atomic E-state index is 0.188. The number of benzene rings is 1. The fraction of sp³-hybridized carbons (Fsp3) is 0.375. The van der Waals surface area contributed by atoms with E-state index in [-0.39, 0.29) is 17.1 Å². The Balaban J connectivity index is 1.96. The largest absolute Gasteiger partial charge is 0.481 e. The summed E-state index contributed by atoms with van der Waals surface area (Å²) in [6.45, 7) is 7.56. The van der Waals surface area contributed by atoms with Crippen LogP contribution in [-0.2, 0) is 10.2 Å². The van der Waals surface area contributed by atoms with E-state index < -0.39 is 6.10 Å². The zero-order chi connectivity index (χ0) is 16.3. The van der Waals surface area contributed by atoms with Gasteiger partial charge in [-0.15, -0.1) is 0 Å². The van der Waals surface area contributed by atoms with E-state index in [0.29, 0.717) is 17.3 Å². The van der Waals surface area contributed by atoms with Gasteiger partial charge >= 0.3 is 0 Å². The van der Waals surface area contributed by atoms with E-state index in [1.807, 2.05) is 20.8 Å². The van der Waals surface area contributed by atoms with Crippen molar-refractivity contribution in [2.75, 3.05) is 5.32 Å². The van der Waals surface area contributed by atoms with Gasteiger partial charge in [-0.25, -0.2) is 4.39 Å². The van der Waals surface area contributed by atoms with Gasteiger partial charge in [0.15, 0.2) is 11.9 Å². The summed E-state index contributed by atoms with van der Waals surface area (Å²) in [5.41, 5.74) is -0.188. The zero-order valence-corrected chi connectivity index (χ0v) is 13.0. The van der Waals surface area contributed by atoms with Crippen molar-refractivity contribution >= 4 is 11.7 Å². The van der Waals surface area contributed by atoms with Gasteiger partial charge in [-0.1, -0.05) is 25.9 Å². The minimum atomic E-state index is -0.750. The normalized spacial score (nSPS) is 12.8. The molecule has 1 aromatic heterocycles. The molecule has 2 aromatic rings. The smallest absolute Gasteiger partial charge is 0.266 e. The first-order valence-electron chi connectivity index (χ1n) is 6.96. The fourth-order valence-corrected chi connectivity index (χ4v) is 1.69. The third kappa shape index (κ3) is 4.07. The number of rotatable bonds is 4. The standard InChI is InChI=1S/C16H19FN2O3/c1-10(21-12-7-5-11(17)6-8-12)15(20)18-14-9-13(22-19-14)16(2,3)4/h5-10H,1-4H3,(H,18,19,20)/t10-/m1/s1. The highest BCUT2D eigenvalue weighted by Gasteiger charge is 2.22. The first-order chi connectivity index (χ1) is 10.3. The molecule has 0 aliphatic rings. The molecule has 2 rings (SSSR count). The van der Waals surface area contributed by atoms with Crippen LogP contribution in [0.2, 0.25) is 0 Å². The summed E-state index contributed by atoms with van der Waals surface area (Å²) in [6.07, 6.45) is -0.750. The Hall–Kier alpha value is -2.37. The van der Waals surface area contributed by atoms with Gasteiger partial charge in [0.2, 0.25) is 0 Å². The van der Waals surface area contributed by atoms with Crippen LogP contribution in [0.25, 0.3) is 0 Å². The average Bonchev–Trinajstić information content (AvgIpc) is 2.90. The van der Waals surface area contributed by atoms with Crippen LogP contribution in [0, 0.1) is 5.82 Å². The second-order valence-corrected chi connectivity index (χ2v) is 6.03. The highest BCUT2D eigenvalue weighted by molar-refractivity contribution is 5.93. The van der Waals surface area contributed by atoms with Crippen molar-refractivity contribution in [1.82, 2.24) is 5.16 Å². The number of carbonyl (C=O) groups excluding carboxylic acids is 1. The Kier molecular flexibility index (Phi) is 4.49. The molecule has 0 saturated carbocycles. The molecule has 1 heterocycles. The predicted octanol–water partition coefficient (Wildman–Crippen LogP) is 3.52. The number of hydrogen-bond donors (Lipinski definition) is 1. The van der Waals surface area contributed by atoms with Crippen LogP contribution in [0.5, 0.6) is 5.75 Å². The number of anilines is 1. The van der Waals surface area contributed by atoms with Crippen molar-refractivity contribution in [3.05, 3.63) is 41.9 Å². The lowest BCUT2D eigenvalue weighted by molar-refractivity contribution is -0.122. The van der Waals surface area contributed by atoms with Crippen LogP contribution < -0.4 is 10.1 Å². The zero-order valence-electron chi connectivity index (χ0n) is 13.0. The van der Waals surface area contributed by atoms with Gasteiger partial charge in [0, 0.05) is 11.5 Å². The SMILES string of the molecule is C[C@@H](Oc1ccc(F)cc1)C(=O)Nc1cc(C(C)(C)C)on1. The molecule has 22 heavy (non-hydrogen) atoms. The number of nitrogens with one attached hydrogen (secondary N) is 1. The van der Waals surface area contributed by atoms with E-state index in [1.54, 1.807) is 13.0 Å². The molecule has 5 nitrogen and oxygen atoms in total. The molecule has 0 fully saturated rings. The fourth-order valence-electron chi connectivity index (χ4n) is 1.69. The van der Waals surface area contributed by atoms with Crippen LogP contribution in [0.15, 0.2) is 34.9 Å². The Morgan fingerprint density at radius 2 is 1.95 bits per heavy atom. The molecule has 118 valence electrons. The topological polar surface area (TPSA) is 64.4 Å². The van der Waals surface area contributed by atoms with Crippen molar-refractivity contribution in [3.63, 3.8) is 0 Å². The Bertz CT molecular complexity index is 644. The second kappa shape index (κ2) is 6.17. The molecular weight excluding hydrogens is 287 g/mol. The first kappa shape index (κ1) is 16.0. The second-order valence-electron chi connectivity index (χ2n) is 6.03. The molecule has 0 aliphatic carbocycles. The van der Waals surface area contributed by atoms with Crippen LogP contribution in [0.1, 0.15) is 33.5 Å². The van der Waals surface area contributed by atoms with Crippen molar-refractivity contribution in [1.29, 1.82) is 0 Å². The van der Waals surface area contributed by atoms with E-state index in [4.69, 9.17) is 9.26 Å². The highest BCUT2D eigenvalue weighted by Crippen LogP contribution is 2.24. The summed E-state index contributed by atoms with van der Waals surface area (Å²) in [4.78, 5) is 12.1. The Morgan fingerprint density at radius 3 is 2.50 bits per heavy atom. The molecule has 0 spiro atoms.